The monoisotopic (exact) mass is 567 g/mol. The normalized spacial score (nSPS) is 11.8. The van der Waals surface area contributed by atoms with Crippen molar-refractivity contribution in [2.24, 2.45) is 0 Å². The predicted octanol–water partition coefficient (Wildman–Crippen LogP) is 4.23. The number of hydrogen-bond donors (Lipinski definition) is 2. The third-order valence-electron chi connectivity index (χ3n) is 5.99. The topological polar surface area (TPSA) is 146 Å². The van der Waals surface area contributed by atoms with E-state index in [2.05, 4.69) is 30.5 Å². The minimum atomic E-state index is -4.55. The Morgan fingerprint density at radius 1 is 1.05 bits per heavy atom. The highest BCUT2D eigenvalue weighted by Crippen LogP contribution is 2.32. The van der Waals surface area contributed by atoms with E-state index in [4.69, 9.17) is 5.73 Å². The molecule has 5 rings (SSSR count). The summed E-state index contributed by atoms with van der Waals surface area (Å²) in [4.78, 5) is 38.0. The van der Waals surface area contributed by atoms with Crippen molar-refractivity contribution in [1.29, 1.82) is 0 Å². The number of carbonyl (C=O) groups excluding carboxylic acids is 1. The van der Waals surface area contributed by atoms with Gasteiger partial charge in [0.05, 0.1) is 22.8 Å². The molecule has 0 bridgehead atoms. The van der Waals surface area contributed by atoms with Crippen LogP contribution in [-0.4, -0.2) is 46.6 Å². The third-order valence-corrected chi connectivity index (χ3v) is 5.99. The number of carbonyl (C=O) groups is 1. The van der Waals surface area contributed by atoms with E-state index < -0.39 is 35.6 Å². The van der Waals surface area contributed by atoms with E-state index in [0.717, 1.165) is 18.6 Å². The van der Waals surface area contributed by atoms with E-state index in [-0.39, 0.29) is 45.5 Å². The number of hydrogen-bond acceptors (Lipinski definition) is 8. The van der Waals surface area contributed by atoms with Gasteiger partial charge in [0.2, 0.25) is 5.43 Å². The second kappa shape index (κ2) is 10.4. The summed E-state index contributed by atoms with van der Waals surface area (Å²) >= 11 is 0. The molecular formula is C26H21F4N9O2. The highest BCUT2D eigenvalue weighted by atomic mass is 19.4. The van der Waals surface area contributed by atoms with Gasteiger partial charge in [-0.15, -0.1) is 0 Å². The number of nitrogens with zero attached hydrogens (tertiary/aromatic N) is 7. The largest absolute Gasteiger partial charge is 0.408 e. The number of amides is 1. The van der Waals surface area contributed by atoms with Crippen LogP contribution in [0.5, 0.6) is 0 Å². The fraction of sp³-hybridized carbons (Fsp3) is 0.192. The van der Waals surface area contributed by atoms with Crippen LogP contribution in [0, 0.1) is 5.82 Å². The van der Waals surface area contributed by atoms with Crippen LogP contribution >= 0.6 is 0 Å². The number of fused-ring (bicyclic) bond motifs is 1. The van der Waals surface area contributed by atoms with E-state index in [9.17, 15) is 27.2 Å². The summed E-state index contributed by atoms with van der Waals surface area (Å²) in [5.74, 6) is -1.43. The number of pyridine rings is 1. The number of nitrogens with two attached hydrogens (primary N) is 1. The van der Waals surface area contributed by atoms with Crippen LogP contribution in [0.15, 0.2) is 59.9 Å². The maximum Gasteiger partial charge on any atom is 0.408 e. The van der Waals surface area contributed by atoms with Gasteiger partial charge < -0.3 is 11.1 Å². The third kappa shape index (κ3) is 5.59. The predicted molar refractivity (Wildman–Crippen MR) is 141 cm³/mol. The lowest BCUT2D eigenvalue weighted by molar-refractivity contribution is -0.141. The highest BCUT2D eigenvalue weighted by molar-refractivity contribution is 6.03. The molecule has 5 aromatic rings. The Hall–Kier alpha value is -5.21. The van der Waals surface area contributed by atoms with E-state index in [1.165, 1.54) is 41.2 Å². The maximum absolute atomic E-state index is 13.4. The van der Waals surface area contributed by atoms with Gasteiger partial charge in [-0.2, -0.15) is 23.4 Å². The summed E-state index contributed by atoms with van der Waals surface area (Å²) in [6.07, 6.45) is -1.09. The highest BCUT2D eigenvalue weighted by Gasteiger charge is 2.31. The van der Waals surface area contributed by atoms with Crippen LogP contribution in [0.2, 0.25) is 0 Å². The SMILES string of the molecule is CC(C)n1cc(-c2ccc(F)cn2)c(=O)c(C(=O)Nc2ccc(-c3nn(CC(F)(F)F)c4ncnc(N)c34)cc2)n1. The molecular weight excluding hydrogens is 546 g/mol. The Morgan fingerprint density at radius 2 is 1.78 bits per heavy atom. The Balaban J connectivity index is 1.47. The molecule has 0 unspecified atom stereocenters. The molecule has 11 nitrogen and oxygen atoms in total. The Bertz CT molecular complexity index is 1810. The van der Waals surface area contributed by atoms with Gasteiger partial charge in [-0.25, -0.2) is 19.0 Å². The van der Waals surface area contributed by atoms with Crippen LogP contribution in [0.3, 0.4) is 0 Å². The lowest BCUT2D eigenvalue weighted by Crippen LogP contribution is -2.28. The van der Waals surface area contributed by atoms with E-state index >= 15 is 0 Å². The van der Waals surface area contributed by atoms with Gasteiger partial charge in [0, 0.05) is 23.5 Å². The molecule has 1 aromatic carbocycles. The molecule has 1 amide bonds. The van der Waals surface area contributed by atoms with Crippen molar-refractivity contribution in [3.8, 4) is 22.5 Å². The van der Waals surface area contributed by atoms with E-state index in [0.29, 0.717) is 10.2 Å². The first-order valence-electron chi connectivity index (χ1n) is 12.1. The molecule has 0 aliphatic heterocycles. The van der Waals surface area contributed by atoms with Crippen molar-refractivity contribution in [2.45, 2.75) is 32.6 Å². The Labute approximate surface area is 228 Å². The van der Waals surface area contributed by atoms with Gasteiger partial charge in [0.1, 0.15) is 30.2 Å². The molecule has 41 heavy (non-hydrogen) atoms. The van der Waals surface area contributed by atoms with Crippen LogP contribution < -0.4 is 16.5 Å². The summed E-state index contributed by atoms with van der Waals surface area (Å²) < 4.78 is 54.8. The molecule has 0 aliphatic rings. The van der Waals surface area contributed by atoms with Crippen molar-refractivity contribution in [1.82, 2.24) is 34.5 Å². The molecule has 0 radical (unpaired) electrons. The fourth-order valence-corrected chi connectivity index (χ4v) is 4.05. The lowest BCUT2D eigenvalue weighted by atomic mass is 10.1. The summed E-state index contributed by atoms with van der Waals surface area (Å²) in [7, 11) is 0. The number of nitrogens with one attached hydrogen (secondary N) is 1. The van der Waals surface area contributed by atoms with Gasteiger partial charge in [-0.3, -0.25) is 19.3 Å². The molecule has 15 heteroatoms. The fourth-order valence-electron chi connectivity index (χ4n) is 4.05. The second-order valence-electron chi connectivity index (χ2n) is 9.27. The van der Waals surface area contributed by atoms with Crippen LogP contribution in [0.4, 0.5) is 29.1 Å². The van der Waals surface area contributed by atoms with Gasteiger partial charge in [0.25, 0.3) is 5.91 Å². The van der Waals surface area contributed by atoms with E-state index in [1.54, 1.807) is 13.8 Å². The van der Waals surface area contributed by atoms with Gasteiger partial charge in [0.15, 0.2) is 11.3 Å². The van der Waals surface area contributed by atoms with Crippen LogP contribution in [0.1, 0.15) is 30.4 Å². The zero-order valence-electron chi connectivity index (χ0n) is 21.5. The number of halogens is 4. The van der Waals surface area contributed by atoms with Crippen molar-refractivity contribution in [3.63, 3.8) is 0 Å². The molecule has 3 N–H and O–H groups in total. The second-order valence-corrected chi connectivity index (χ2v) is 9.27. The summed E-state index contributed by atoms with van der Waals surface area (Å²) in [5, 5.41) is 11.0. The van der Waals surface area contributed by atoms with Gasteiger partial charge in [-0.1, -0.05) is 12.1 Å². The Kier molecular flexibility index (Phi) is 6.94. The Morgan fingerprint density at radius 3 is 2.41 bits per heavy atom. The minimum Gasteiger partial charge on any atom is -0.383 e. The maximum atomic E-state index is 13.4. The number of nitrogen functional groups attached to an aromatic ring is 1. The van der Waals surface area contributed by atoms with Crippen molar-refractivity contribution in [2.75, 3.05) is 11.1 Å². The zero-order valence-corrected chi connectivity index (χ0v) is 21.5. The average Bonchev–Trinajstić information content (AvgIpc) is 3.27. The lowest BCUT2D eigenvalue weighted by Gasteiger charge is -2.13. The number of anilines is 2. The molecule has 0 spiro atoms. The van der Waals surface area contributed by atoms with Crippen molar-refractivity contribution < 1.29 is 22.4 Å². The van der Waals surface area contributed by atoms with Gasteiger partial charge in [-0.05, 0) is 38.1 Å². The zero-order chi connectivity index (χ0) is 29.5. The van der Waals surface area contributed by atoms with E-state index in [1.807, 2.05) is 0 Å². The molecule has 0 aliphatic carbocycles. The summed E-state index contributed by atoms with van der Waals surface area (Å²) in [5.41, 5.74) is 5.77. The van der Waals surface area contributed by atoms with Gasteiger partial charge >= 0.3 is 6.18 Å². The molecule has 0 saturated carbocycles. The quantitative estimate of drug-likeness (QED) is 0.290. The number of alkyl halides is 3. The molecule has 0 atom stereocenters. The standard InChI is InChI=1S/C26H21F4N9O2/c1-13(2)38-10-17(18-8-5-15(27)9-32-18)22(40)21(37-38)25(41)35-16-6-3-14(4-7-16)20-19-23(31)33-12-34-24(19)39(36-20)11-26(28,29)30/h3-10,12-13H,11H2,1-2H3,(H,35,41)(H2,31,33,34). The minimum absolute atomic E-state index is 0.0427. The smallest absolute Gasteiger partial charge is 0.383 e. The average molecular weight is 568 g/mol. The summed E-state index contributed by atoms with van der Waals surface area (Å²) in [6.45, 7) is 2.23. The van der Waals surface area contributed by atoms with Crippen molar-refractivity contribution in [3.05, 3.63) is 76.9 Å². The number of aromatic nitrogens is 7. The first-order valence-corrected chi connectivity index (χ1v) is 12.1. The number of rotatable bonds is 6. The first kappa shape index (κ1) is 27.4. The molecule has 4 aromatic heterocycles. The number of benzene rings is 1. The molecule has 0 saturated heterocycles. The van der Waals surface area contributed by atoms with Crippen LogP contribution in [0.25, 0.3) is 33.5 Å². The van der Waals surface area contributed by atoms with Crippen LogP contribution in [-0.2, 0) is 6.54 Å². The van der Waals surface area contributed by atoms with Crippen molar-refractivity contribution >= 4 is 28.4 Å². The molecule has 0 fully saturated rings. The summed E-state index contributed by atoms with van der Waals surface area (Å²) in [6, 6.07) is 8.25. The first-order chi connectivity index (χ1) is 19.4. The molecule has 210 valence electrons. The molecule has 4 heterocycles.